The molecule has 0 aliphatic carbocycles. The lowest BCUT2D eigenvalue weighted by Gasteiger charge is -2.17. The minimum absolute atomic E-state index is 0.622. The molecule has 0 radical (unpaired) electrons. The molecule has 0 bridgehead atoms. The fourth-order valence-electron chi connectivity index (χ4n) is 1.93. The van der Waals surface area contributed by atoms with Crippen LogP contribution in [-0.4, -0.2) is 6.54 Å². The van der Waals surface area contributed by atoms with Crippen LogP contribution in [0.25, 0.3) is 5.70 Å². The predicted octanol–water partition coefficient (Wildman–Crippen LogP) is 3.79. The van der Waals surface area contributed by atoms with Crippen molar-refractivity contribution in [1.29, 1.82) is 0 Å². The summed E-state index contributed by atoms with van der Waals surface area (Å²) < 4.78 is 5.79. The Hall–Kier alpha value is -2.00. The van der Waals surface area contributed by atoms with E-state index in [1.54, 1.807) is 11.3 Å². The van der Waals surface area contributed by atoms with E-state index < -0.39 is 0 Å². The molecule has 96 valence electrons. The molecule has 1 aromatic carbocycles. The zero-order valence-electron chi connectivity index (χ0n) is 10.5. The van der Waals surface area contributed by atoms with E-state index in [1.807, 2.05) is 18.2 Å². The van der Waals surface area contributed by atoms with Crippen LogP contribution in [0.15, 0.2) is 65.8 Å². The van der Waals surface area contributed by atoms with Gasteiger partial charge in [0, 0.05) is 0 Å². The molecule has 3 rings (SSSR count). The van der Waals surface area contributed by atoms with Crippen molar-refractivity contribution in [2.45, 2.75) is 6.61 Å². The van der Waals surface area contributed by atoms with E-state index in [9.17, 15) is 0 Å². The number of dihydropyridines is 1. The maximum Gasteiger partial charge on any atom is 0.116 e. The monoisotopic (exact) mass is 269 g/mol. The summed E-state index contributed by atoms with van der Waals surface area (Å²) in [6.07, 6.45) is 4.13. The molecule has 2 aromatic rings. The lowest BCUT2D eigenvalue weighted by atomic mass is 10.2. The second-order valence-electron chi connectivity index (χ2n) is 4.32. The summed E-state index contributed by atoms with van der Waals surface area (Å²) in [4.78, 5) is 1.26. The number of benzene rings is 1. The Morgan fingerprint density at radius 2 is 1.95 bits per heavy atom. The third kappa shape index (κ3) is 3.06. The molecule has 1 aliphatic rings. The molecule has 2 heterocycles. The van der Waals surface area contributed by atoms with Gasteiger partial charge in [-0.25, -0.2) is 0 Å². The lowest BCUT2D eigenvalue weighted by molar-refractivity contribution is 0.193. The lowest BCUT2D eigenvalue weighted by Crippen LogP contribution is -2.19. The summed E-state index contributed by atoms with van der Waals surface area (Å²) in [6, 6.07) is 14.4. The largest absolute Gasteiger partial charge is 0.491 e. The maximum absolute atomic E-state index is 5.79. The van der Waals surface area contributed by atoms with Gasteiger partial charge in [-0.05, 0) is 29.2 Å². The number of nitrogens with one attached hydrogen (secondary N) is 1. The summed E-state index contributed by atoms with van der Waals surface area (Å²) in [7, 11) is 0. The Morgan fingerprint density at radius 3 is 2.63 bits per heavy atom. The summed E-state index contributed by atoms with van der Waals surface area (Å²) >= 11 is 1.74. The van der Waals surface area contributed by atoms with Gasteiger partial charge in [0.2, 0.25) is 0 Å². The second-order valence-corrected chi connectivity index (χ2v) is 5.27. The first-order chi connectivity index (χ1) is 9.42. The van der Waals surface area contributed by atoms with E-state index in [0.29, 0.717) is 6.61 Å². The van der Waals surface area contributed by atoms with Crippen molar-refractivity contribution in [3.63, 3.8) is 0 Å². The van der Waals surface area contributed by atoms with E-state index >= 15 is 0 Å². The summed E-state index contributed by atoms with van der Waals surface area (Å²) in [6.45, 7) is 1.37. The SMILES string of the molecule is C1=C(OCc2ccccc2)CNC(c2cccs2)=C1. The highest BCUT2D eigenvalue weighted by Crippen LogP contribution is 2.21. The molecule has 1 aliphatic heterocycles. The van der Waals surface area contributed by atoms with Crippen molar-refractivity contribution in [3.05, 3.63) is 76.2 Å². The fourth-order valence-corrected chi connectivity index (χ4v) is 2.66. The maximum atomic E-state index is 5.79. The molecule has 19 heavy (non-hydrogen) atoms. The fraction of sp³-hybridized carbons (Fsp3) is 0.125. The molecule has 0 fully saturated rings. The van der Waals surface area contributed by atoms with Crippen LogP contribution in [0.2, 0.25) is 0 Å². The quantitative estimate of drug-likeness (QED) is 0.911. The first-order valence-electron chi connectivity index (χ1n) is 6.27. The van der Waals surface area contributed by atoms with Gasteiger partial charge >= 0.3 is 0 Å². The average molecular weight is 269 g/mol. The van der Waals surface area contributed by atoms with Gasteiger partial charge in [0.1, 0.15) is 12.4 Å². The molecule has 0 unspecified atom stereocenters. The number of hydrogen-bond donors (Lipinski definition) is 1. The normalized spacial score (nSPS) is 14.3. The zero-order valence-corrected chi connectivity index (χ0v) is 11.3. The molecule has 1 N–H and O–H groups in total. The van der Waals surface area contributed by atoms with Gasteiger partial charge in [-0.3, -0.25) is 0 Å². The number of hydrogen-bond acceptors (Lipinski definition) is 3. The molecule has 0 amide bonds. The van der Waals surface area contributed by atoms with E-state index in [0.717, 1.165) is 12.3 Å². The Labute approximate surface area is 117 Å². The molecule has 3 heteroatoms. The van der Waals surface area contributed by atoms with Crippen molar-refractivity contribution in [3.8, 4) is 0 Å². The van der Waals surface area contributed by atoms with Crippen LogP contribution in [0.3, 0.4) is 0 Å². The Morgan fingerprint density at radius 1 is 1.05 bits per heavy atom. The highest BCUT2D eigenvalue weighted by Gasteiger charge is 2.08. The molecular weight excluding hydrogens is 254 g/mol. The highest BCUT2D eigenvalue weighted by atomic mass is 32.1. The van der Waals surface area contributed by atoms with Crippen molar-refractivity contribution in [2.75, 3.05) is 6.54 Å². The van der Waals surface area contributed by atoms with Gasteiger partial charge in [-0.1, -0.05) is 36.4 Å². The van der Waals surface area contributed by atoms with Crippen LogP contribution in [0.4, 0.5) is 0 Å². The van der Waals surface area contributed by atoms with Crippen molar-refractivity contribution in [2.24, 2.45) is 0 Å². The molecule has 2 nitrogen and oxygen atoms in total. The third-order valence-electron chi connectivity index (χ3n) is 2.94. The van der Waals surface area contributed by atoms with Gasteiger partial charge in [0.05, 0.1) is 17.1 Å². The topological polar surface area (TPSA) is 21.3 Å². The number of ether oxygens (including phenoxy) is 1. The standard InChI is InChI=1S/C16H15NOS/c1-2-5-13(6-3-1)12-18-14-8-9-15(17-11-14)16-7-4-10-19-16/h1-10,17H,11-12H2. The van der Waals surface area contributed by atoms with Gasteiger partial charge in [-0.2, -0.15) is 0 Å². The van der Waals surface area contributed by atoms with Crippen LogP contribution in [0.1, 0.15) is 10.4 Å². The minimum atomic E-state index is 0.622. The highest BCUT2D eigenvalue weighted by molar-refractivity contribution is 7.11. The molecule has 0 saturated carbocycles. The van der Waals surface area contributed by atoms with Crippen LogP contribution >= 0.6 is 11.3 Å². The van der Waals surface area contributed by atoms with Gasteiger partial charge < -0.3 is 10.1 Å². The van der Waals surface area contributed by atoms with Crippen LogP contribution in [-0.2, 0) is 11.3 Å². The number of rotatable bonds is 4. The predicted molar refractivity (Wildman–Crippen MR) is 79.6 cm³/mol. The molecule has 0 saturated heterocycles. The molecule has 1 aromatic heterocycles. The van der Waals surface area contributed by atoms with E-state index in [-0.39, 0.29) is 0 Å². The Kier molecular flexibility index (Phi) is 3.65. The van der Waals surface area contributed by atoms with Crippen LogP contribution < -0.4 is 5.32 Å². The molecular formula is C16H15NOS. The zero-order chi connectivity index (χ0) is 12.9. The van der Waals surface area contributed by atoms with Crippen molar-refractivity contribution in [1.82, 2.24) is 5.32 Å². The van der Waals surface area contributed by atoms with Crippen LogP contribution in [0, 0.1) is 0 Å². The Bertz CT molecular complexity index is 584. The second kappa shape index (κ2) is 5.76. The van der Waals surface area contributed by atoms with Crippen molar-refractivity contribution < 1.29 is 4.74 Å². The summed E-state index contributed by atoms with van der Waals surface area (Å²) in [5, 5.41) is 5.47. The van der Waals surface area contributed by atoms with E-state index in [1.165, 1.54) is 16.1 Å². The van der Waals surface area contributed by atoms with E-state index in [2.05, 4.69) is 47.1 Å². The summed E-state index contributed by atoms with van der Waals surface area (Å²) in [5.41, 5.74) is 2.36. The molecule has 0 spiro atoms. The first kappa shape index (κ1) is 12.1. The first-order valence-corrected chi connectivity index (χ1v) is 7.15. The summed E-state index contributed by atoms with van der Waals surface area (Å²) in [5.74, 6) is 0.976. The van der Waals surface area contributed by atoms with Gasteiger partial charge in [0.15, 0.2) is 0 Å². The minimum Gasteiger partial charge on any atom is -0.491 e. The van der Waals surface area contributed by atoms with Gasteiger partial charge in [-0.15, -0.1) is 11.3 Å². The average Bonchev–Trinajstić information content (AvgIpc) is 3.01. The van der Waals surface area contributed by atoms with E-state index in [4.69, 9.17) is 4.74 Å². The number of allylic oxidation sites excluding steroid dienone is 2. The smallest absolute Gasteiger partial charge is 0.116 e. The third-order valence-corrected chi connectivity index (χ3v) is 3.85. The number of thiophene rings is 1. The van der Waals surface area contributed by atoms with Gasteiger partial charge in [0.25, 0.3) is 0 Å². The Balaban J connectivity index is 1.62. The van der Waals surface area contributed by atoms with Crippen molar-refractivity contribution >= 4 is 17.0 Å². The van der Waals surface area contributed by atoms with Crippen LogP contribution in [0.5, 0.6) is 0 Å². The molecule has 0 atom stereocenters.